The van der Waals surface area contributed by atoms with Gasteiger partial charge in [0, 0.05) is 6.54 Å². The van der Waals surface area contributed by atoms with Crippen LogP contribution in [0.2, 0.25) is 0 Å². The lowest BCUT2D eigenvalue weighted by molar-refractivity contribution is -0.123. The summed E-state index contributed by atoms with van der Waals surface area (Å²) in [6.45, 7) is 1.35. The minimum absolute atomic E-state index is 0.0892. The van der Waals surface area contributed by atoms with E-state index in [0.29, 0.717) is 6.54 Å². The van der Waals surface area contributed by atoms with E-state index >= 15 is 0 Å². The number of carbonyl (C=O) groups is 1. The Labute approximate surface area is 117 Å². The van der Waals surface area contributed by atoms with Crippen molar-refractivity contribution in [2.24, 2.45) is 11.7 Å². The van der Waals surface area contributed by atoms with Crippen LogP contribution in [-0.2, 0) is 11.3 Å². The number of hydrogen-bond acceptors (Lipinski definition) is 3. The van der Waals surface area contributed by atoms with Crippen molar-refractivity contribution in [3.05, 3.63) is 29.8 Å². The smallest absolute Gasteiger partial charge is 0.387 e. The summed E-state index contributed by atoms with van der Waals surface area (Å²) in [6, 6.07) is 5.56. The van der Waals surface area contributed by atoms with Gasteiger partial charge in [0.15, 0.2) is 0 Å². The average molecular weight is 286 g/mol. The fourth-order valence-corrected chi connectivity index (χ4v) is 1.61. The highest BCUT2D eigenvalue weighted by Crippen LogP contribution is 2.14. The number of benzene rings is 1. The van der Waals surface area contributed by atoms with Crippen molar-refractivity contribution in [2.45, 2.75) is 39.5 Å². The van der Waals surface area contributed by atoms with Gasteiger partial charge in [-0.15, -0.1) is 0 Å². The maximum Gasteiger partial charge on any atom is 0.387 e. The zero-order valence-electron chi connectivity index (χ0n) is 11.6. The van der Waals surface area contributed by atoms with Crippen LogP contribution in [0.15, 0.2) is 24.3 Å². The Morgan fingerprint density at radius 2 is 1.95 bits per heavy atom. The number of alkyl halides is 2. The normalized spacial score (nSPS) is 13.9. The molecule has 0 saturated carbocycles. The summed E-state index contributed by atoms with van der Waals surface area (Å²) < 4.78 is 28.2. The topological polar surface area (TPSA) is 64.4 Å². The van der Waals surface area contributed by atoms with E-state index in [0.717, 1.165) is 12.0 Å². The van der Waals surface area contributed by atoms with Crippen molar-refractivity contribution in [1.82, 2.24) is 5.32 Å². The van der Waals surface area contributed by atoms with Gasteiger partial charge >= 0.3 is 6.61 Å². The van der Waals surface area contributed by atoms with E-state index in [4.69, 9.17) is 5.73 Å². The number of hydrogen-bond donors (Lipinski definition) is 2. The molecule has 20 heavy (non-hydrogen) atoms. The molecule has 0 saturated heterocycles. The van der Waals surface area contributed by atoms with Crippen LogP contribution in [0.5, 0.6) is 5.75 Å². The summed E-state index contributed by atoms with van der Waals surface area (Å²) in [4.78, 5) is 11.8. The Bertz CT molecular complexity index is 424. The van der Waals surface area contributed by atoms with Gasteiger partial charge in [-0.1, -0.05) is 32.4 Å². The molecule has 0 fully saturated rings. The van der Waals surface area contributed by atoms with Crippen molar-refractivity contribution >= 4 is 5.91 Å². The van der Waals surface area contributed by atoms with Crippen LogP contribution >= 0.6 is 0 Å². The first-order valence-electron chi connectivity index (χ1n) is 6.51. The summed E-state index contributed by atoms with van der Waals surface area (Å²) in [5.41, 5.74) is 6.59. The molecule has 2 unspecified atom stereocenters. The molecular formula is C14H20F2N2O2. The summed E-state index contributed by atoms with van der Waals surface area (Å²) in [7, 11) is 0. The van der Waals surface area contributed by atoms with Gasteiger partial charge in [-0.25, -0.2) is 0 Å². The van der Waals surface area contributed by atoms with E-state index in [-0.39, 0.29) is 17.6 Å². The van der Waals surface area contributed by atoms with Gasteiger partial charge in [0.1, 0.15) is 5.75 Å². The number of amides is 1. The molecule has 0 radical (unpaired) electrons. The monoisotopic (exact) mass is 286 g/mol. The van der Waals surface area contributed by atoms with Crippen LogP contribution in [0, 0.1) is 5.92 Å². The highest BCUT2D eigenvalue weighted by atomic mass is 19.3. The molecule has 1 amide bonds. The molecule has 0 aliphatic carbocycles. The van der Waals surface area contributed by atoms with Crippen LogP contribution in [-0.4, -0.2) is 18.6 Å². The minimum Gasteiger partial charge on any atom is -0.435 e. The predicted molar refractivity (Wildman–Crippen MR) is 72.4 cm³/mol. The number of ether oxygens (including phenoxy) is 1. The maximum absolute atomic E-state index is 12.0. The SMILES string of the molecule is CCC(C)C(N)C(=O)NCc1ccc(OC(F)F)cc1. The average Bonchev–Trinajstić information content (AvgIpc) is 2.44. The van der Waals surface area contributed by atoms with E-state index < -0.39 is 12.7 Å². The molecule has 2 atom stereocenters. The molecule has 0 aliphatic rings. The number of rotatable bonds is 7. The molecule has 0 bridgehead atoms. The molecule has 1 aromatic rings. The Morgan fingerprint density at radius 3 is 2.45 bits per heavy atom. The van der Waals surface area contributed by atoms with Gasteiger partial charge in [0.2, 0.25) is 5.91 Å². The number of nitrogens with two attached hydrogens (primary N) is 1. The molecule has 1 aromatic carbocycles. The largest absolute Gasteiger partial charge is 0.435 e. The Hall–Kier alpha value is -1.69. The summed E-state index contributed by atoms with van der Waals surface area (Å²) in [5.74, 6) is -0.0181. The predicted octanol–water partition coefficient (Wildman–Crippen LogP) is 2.28. The van der Waals surface area contributed by atoms with Crippen molar-refractivity contribution in [3.63, 3.8) is 0 Å². The highest BCUT2D eigenvalue weighted by Gasteiger charge is 2.18. The van der Waals surface area contributed by atoms with E-state index in [2.05, 4.69) is 10.1 Å². The lowest BCUT2D eigenvalue weighted by atomic mass is 9.99. The van der Waals surface area contributed by atoms with Crippen molar-refractivity contribution < 1.29 is 18.3 Å². The molecule has 1 rings (SSSR count). The first-order chi connectivity index (χ1) is 9.43. The number of carbonyl (C=O) groups excluding carboxylic acids is 1. The van der Waals surface area contributed by atoms with Crippen LogP contribution < -0.4 is 15.8 Å². The second-order valence-corrected chi connectivity index (χ2v) is 4.65. The molecular weight excluding hydrogens is 266 g/mol. The number of nitrogens with one attached hydrogen (secondary N) is 1. The van der Waals surface area contributed by atoms with Gasteiger partial charge in [-0.05, 0) is 23.6 Å². The van der Waals surface area contributed by atoms with E-state index in [9.17, 15) is 13.6 Å². The standard InChI is InChI=1S/C14H20F2N2O2/c1-3-9(2)12(17)13(19)18-8-10-4-6-11(7-5-10)20-14(15)16/h4-7,9,12,14H,3,8,17H2,1-2H3,(H,18,19). The van der Waals surface area contributed by atoms with E-state index in [1.165, 1.54) is 12.1 Å². The maximum atomic E-state index is 12.0. The van der Waals surface area contributed by atoms with Crippen LogP contribution in [0.4, 0.5) is 8.78 Å². The van der Waals surface area contributed by atoms with E-state index in [1.807, 2.05) is 13.8 Å². The second-order valence-electron chi connectivity index (χ2n) is 4.65. The van der Waals surface area contributed by atoms with Gasteiger partial charge in [-0.2, -0.15) is 8.78 Å². The summed E-state index contributed by atoms with van der Waals surface area (Å²) >= 11 is 0. The molecule has 0 spiro atoms. The van der Waals surface area contributed by atoms with Gasteiger partial charge < -0.3 is 15.8 Å². The molecule has 0 aromatic heterocycles. The van der Waals surface area contributed by atoms with Gasteiger partial charge in [0.05, 0.1) is 6.04 Å². The third-order valence-corrected chi connectivity index (χ3v) is 3.18. The van der Waals surface area contributed by atoms with Crippen molar-refractivity contribution in [2.75, 3.05) is 0 Å². The van der Waals surface area contributed by atoms with Crippen LogP contribution in [0.3, 0.4) is 0 Å². The first-order valence-corrected chi connectivity index (χ1v) is 6.51. The lowest BCUT2D eigenvalue weighted by Gasteiger charge is -2.17. The minimum atomic E-state index is -2.84. The van der Waals surface area contributed by atoms with Gasteiger partial charge in [0.25, 0.3) is 0 Å². The second kappa shape index (κ2) is 7.79. The zero-order chi connectivity index (χ0) is 15.1. The third-order valence-electron chi connectivity index (χ3n) is 3.18. The fraction of sp³-hybridized carbons (Fsp3) is 0.500. The molecule has 112 valence electrons. The Balaban J connectivity index is 2.47. The van der Waals surface area contributed by atoms with E-state index in [1.54, 1.807) is 12.1 Å². The molecule has 6 heteroatoms. The molecule has 0 heterocycles. The molecule has 0 aliphatic heterocycles. The van der Waals surface area contributed by atoms with Crippen molar-refractivity contribution in [3.8, 4) is 5.75 Å². The lowest BCUT2D eigenvalue weighted by Crippen LogP contribution is -2.44. The van der Waals surface area contributed by atoms with Crippen molar-refractivity contribution in [1.29, 1.82) is 0 Å². The molecule has 3 N–H and O–H groups in total. The van der Waals surface area contributed by atoms with Crippen LogP contribution in [0.25, 0.3) is 0 Å². The van der Waals surface area contributed by atoms with Gasteiger partial charge in [-0.3, -0.25) is 4.79 Å². The quantitative estimate of drug-likeness (QED) is 0.808. The zero-order valence-corrected chi connectivity index (χ0v) is 11.6. The third kappa shape index (κ3) is 5.13. The number of halogens is 2. The fourth-order valence-electron chi connectivity index (χ4n) is 1.61. The Kier molecular flexibility index (Phi) is 6.38. The summed E-state index contributed by atoms with van der Waals surface area (Å²) in [6.07, 6.45) is 0.828. The molecule has 4 nitrogen and oxygen atoms in total. The highest BCUT2D eigenvalue weighted by molar-refractivity contribution is 5.81. The summed E-state index contributed by atoms with van der Waals surface area (Å²) in [5, 5.41) is 2.72. The van der Waals surface area contributed by atoms with Crippen LogP contribution in [0.1, 0.15) is 25.8 Å². The Morgan fingerprint density at radius 1 is 1.35 bits per heavy atom. The first kappa shape index (κ1) is 16.4.